The van der Waals surface area contributed by atoms with E-state index < -0.39 is 0 Å². The topological polar surface area (TPSA) is 65.1 Å². The van der Waals surface area contributed by atoms with Gasteiger partial charge < -0.3 is 4.57 Å². The van der Waals surface area contributed by atoms with Gasteiger partial charge in [-0.3, -0.25) is 4.79 Å². The molecule has 7 heteroatoms. The monoisotopic (exact) mass is 323 g/mol. The van der Waals surface area contributed by atoms with Gasteiger partial charge in [-0.05, 0) is 44.2 Å². The molecule has 0 aliphatic heterocycles. The van der Waals surface area contributed by atoms with Gasteiger partial charge in [0.15, 0.2) is 0 Å². The summed E-state index contributed by atoms with van der Waals surface area (Å²) < 4.78 is 16.5. The van der Waals surface area contributed by atoms with Crippen LogP contribution in [0.25, 0.3) is 27.9 Å². The number of aromatic nitrogens is 5. The van der Waals surface area contributed by atoms with Crippen molar-refractivity contribution in [3.05, 3.63) is 58.5 Å². The lowest BCUT2D eigenvalue weighted by molar-refractivity contribution is 0.628. The van der Waals surface area contributed by atoms with Gasteiger partial charge in [0.25, 0.3) is 11.3 Å². The Morgan fingerprint density at radius 1 is 1.12 bits per heavy atom. The quantitative estimate of drug-likeness (QED) is 0.569. The van der Waals surface area contributed by atoms with Crippen LogP contribution in [0.3, 0.4) is 0 Å². The molecule has 6 nitrogen and oxygen atoms in total. The number of hydrogen-bond donors (Lipinski definition) is 0. The molecule has 0 aliphatic carbocycles. The molecule has 0 saturated heterocycles. The molecule has 0 atom stereocenters. The van der Waals surface area contributed by atoms with E-state index in [2.05, 4.69) is 15.1 Å². The summed E-state index contributed by atoms with van der Waals surface area (Å²) in [5.74, 6) is 0.624. The maximum atomic E-state index is 13.3. The van der Waals surface area contributed by atoms with E-state index in [-0.39, 0.29) is 11.4 Å². The summed E-state index contributed by atoms with van der Waals surface area (Å²) in [6.45, 7) is 4.21. The van der Waals surface area contributed by atoms with E-state index in [1.165, 1.54) is 12.1 Å². The first-order chi connectivity index (χ1) is 11.6. The van der Waals surface area contributed by atoms with E-state index in [4.69, 9.17) is 0 Å². The molecule has 4 rings (SSSR count). The van der Waals surface area contributed by atoms with Crippen LogP contribution in [0.1, 0.15) is 12.7 Å². The first-order valence-electron chi connectivity index (χ1n) is 7.61. The molecule has 0 radical (unpaired) electrons. The molecular weight excluding hydrogens is 309 g/mol. The van der Waals surface area contributed by atoms with E-state index >= 15 is 0 Å². The van der Waals surface area contributed by atoms with Crippen molar-refractivity contribution < 1.29 is 4.39 Å². The zero-order valence-electron chi connectivity index (χ0n) is 13.2. The predicted molar refractivity (Wildman–Crippen MR) is 88.4 cm³/mol. The summed E-state index contributed by atoms with van der Waals surface area (Å²) in [5, 5.41) is 4.81. The normalized spacial score (nSPS) is 11.5. The highest BCUT2D eigenvalue weighted by Gasteiger charge is 2.17. The summed E-state index contributed by atoms with van der Waals surface area (Å²) in [6, 6.07) is 7.76. The summed E-state index contributed by atoms with van der Waals surface area (Å²) in [5.41, 5.74) is 1.65. The Kier molecular flexibility index (Phi) is 3.16. The second-order valence-corrected chi connectivity index (χ2v) is 5.51. The number of pyridine rings is 1. The Balaban J connectivity index is 2.23. The predicted octanol–water partition coefficient (Wildman–Crippen LogP) is 2.57. The molecule has 3 aromatic heterocycles. The number of nitrogens with zero attached hydrogens (tertiary/aromatic N) is 5. The van der Waals surface area contributed by atoms with E-state index in [0.717, 1.165) is 0 Å². The Hall–Kier alpha value is -3.09. The van der Waals surface area contributed by atoms with Gasteiger partial charge in [0.1, 0.15) is 11.6 Å². The SMILES string of the molecule is CCn1ccc2nc3nc(C)nn3c(-c3ccc(F)cc3)c2c1=O. The Bertz CT molecular complexity index is 1130. The molecular formula is C17H14FN5O. The second kappa shape index (κ2) is 5.23. The number of fused-ring (bicyclic) bond motifs is 2. The van der Waals surface area contributed by atoms with Crippen molar-refractivity contribution >= 4 is 16.7 Å². The number of hydrogen-bond acceptors (Lipinski definition) is 4. The first-order valence-corrected chi connectivity index (χ1v) is 7.61. The number of halogens is 1. The van der Waals surface area contributed by atoms with Crippen molar-refractivity contribution in [3.8, 4) is 11.3 Å². The molecule has 3 heterocycles. The van der Waals surface area contributed by atoms with Crippen LogP contribution in [-0.4, -0.2) is 24.1 Å². The molecule has 0 aliphatic rings. The third-order valence-electron chi connectivity index (χ3n) is 3.97. The van der Waals surface area contributed by atoms with Crippen molar-refractivity contribution in [1.82, 2.24) is 24.1 Å². The van der Waals surface area contributed by atoms with E-state index in [9.17, 15) is 9.18 Å². The van der Waals surface area contributed by atoms with Gasteiger partial charge in [0.2, 0.25) is 0 Å². The van der Waals surface area contributed by atoms with Crippen LogP contribution in [0.2, 0.25) is 0 Å². The van der Waals surface area contributed by atoms with Crippen LogP contribution in [0.5, 0.6) is 0 Å². The fraction of sp³-hybridized carbons (Fsp3) is 0.176. The van der Waals surface area contributed by atoms with Gasteiger partial charge in [-0.15, -0.1) is 5.10 Å². The molecule has 0 amide bonds. The highest BCUT2D eigenvalue weighted by Crippen LogP contribution is 2.26. The zero-order chi connectivity index (χ0) is 16.8. The molecule has 0 saturated carbocycles. The largest absolute Gasteiger partial charge is 0.315 e. The maximum Gasteiger partial charge on any atom is 0.262 e. The fourth-order valence-electron chi connectivity index (χ4n) is 2.84. The summed E-state index contributed by atoms with van der Waals surface area (Å²) in [7, 11) is 0. The van der Waals surface area contributed by atoms with E-state index in [1.54, 1.807) is 40.4 Å². The lowest BCUT2D eigenvalue weighted by Gasteiger charge is -2.10. The molecule has 0 spiro atoms. The van der Waals surface area contributed by atoms with Gasteiger partial charge in [0.05, 0.1) is 16.6 Å². The van der Waals surface area contributed by atoms with Crippen molar-refractivity contribution in [2.75, 3.05) is 0 Å². The van der Waals surface area contributed by atoms with Crippen molar-refractivity contribution in [1.29, 1.82) is 0 Å². The Morgan fingerprint density at radius 2 is 1.88 bits per heavy atom. The summed E-state index contributed by atoms with van der Waals surface area (Å²) in [6.07, 6.45) is 1.71. The van der Waals surface area contributed by atoms with Crippen molar-refractivity contribution in [2.45, 2.75) is 20.4 Å². The summed E-state index contributed by atoms with van der Waals surface area (Å²) in [4.78, 5) is 21.6. The molecule has 0 bridgehead atoms. The zero-order valence-corrected chi connectivity index (χ0v) is 13.2. The molecule has 4 aromatic rings. The third-order valence-corrected chi connectivity index (χ3v) is 3.97. The molecule has 0 fully saturated rings. The number of rotatable bonds is 2. The minimum Gasteiger partial charge on any atom is -0.315 e. The van der Waals surface area contributed by atoms with Crippen LogP contribution < -0.4 is 5.56 Å². The first kappa shape index (κ1) is 14.5. The van der Waals surface area contributed by atoms with Crippen molar-refractivity contribution in [2.24, 2.45) is 0 Å². The van der Waals surface area contributed by atoms with Crippen LogP contribution in [-0.2, 0) is 6.54 Å². The van der Waals surface area contributed by atoms with E-state index in [1.807, 2.05) is 6.92 Å². The molecule has 0 N–H and O–H groups in total. The van der Waals surface area contributed by atoms with Gasteiger partial charge in [0, 0.05) is 18.3 Å². The van der Waals surface area contributed by atoms with Crippen molar-refractivity contribution in [3.63, 3.8) is 0 Å². The van der Waals surface area contributed by atoms with Gasteiger partial charge >= 0.3 is 0 Å². The van der Waals surface area contributed by atoms with Gasteiger partial charge in [-0.25, -0.2) is 9.37 Å². The Labute approximate surface area is 136 Å². The van der Waals surface area contributed by atoms with Crippen LogP contribution in [0.4, 0.5) is 4.39 Å². The number of aryl methyl sites for hydroxylation is 2. The van der Waals surface area contributed by atoms with E-state index in [0.29, 0.717) is 40.3 Å². The van der Waals surface area contributed by atoms with Crippen LogP contribution in [0.15, 0.2) is 41.3 Å². The molecule has 0 unspecified atom stereocenters. The average molecular weight is 323 g/mol. The van der Waals surface area contributed by atoms with Gasteiger partial charge in [-0.1, -0.05) is 0 Å². The standard InChI is InChI=1S/C17H14FN5O/c1-3-22-9-8-13-14(16(22)24)15(11-4-6-12(18)7-5-11)23-17(20-13)19-10(2)21-23/h4-9H,3H2,1-2H3. The Morgan fingerprint density at radius 3 is 2.58 bits per heavy atom. The minimum atomic E-state index is -0.339. The van der Waals surface area contributed by atoms with Crippen LogP contribution >= 0.6 is 0 Å². The second-order valence-electron chi connectivity index (χ2n) is 5.51. The number of benzene rings is 1. The summed E-state index contributed by atoms with van der Waals surface area (Å²) >= 11 is 0. The maximum absolute atomic E-state index is 13.3. The van der Waals surface area contributed by atoms with Crippen LogP contribution in [0, 0.1) is 12.7 Å². The third kappa shape index (κ3) is 2.09. The fourth-order valence-corrected chi connectivity index (χ4v) is 2.84. The molecule has 24 heavy (non-hydrogen) atoms. The lowest BCUT2D eigenvalue weighted by Crippen LogP contribution is -2.20. The highest BCUT2D eigenvalue weighted by molar-refractivity contribution is 5.93. The highest BCUT2D eigenvalue weighted by atomic mass is 19.1. The minimum absolute atomic E-state index is 0.156. The average Bonchev–Trinajstić information content (AvgIpc) is 2.94. The molecule has 1 aromatic carbocycles. The smallest absolute Gasteiger partial charge is 0.262 e. The lowest BCUT2D eigenvalue weighted by atomic mass is 10.1. The van der Waals surface area contributed by atoms with Gasteiger partial charge in [-0.2, -0.15) is 9.50 Å². The molecule has 120 valence electrons.